The van der Waals surface area contributed by atoms with E-state index in [0.717, 1.165) is 28.9 Å². The number of hydrogen-bond acceptors (Lipinski definition) is 4. The Morgan fingerprint density at radius 3 is 1.50 bits per heavy atom. The fourth-order valence-corrected chi connectivity index (χ4v) is 6.66. The van der Waals surface area contributed by atoms with Crippen LogP contribution in [-0.2, 0) is 10.8 Å². The molecule has 1 aliphatic rings. The van der Waals surface area contributed by atoms with Crippen molar-refractivity contribution in [1.29, 1.82) is 0 Å². The summed E-state index contributed by atoms with van der Waals surface area (Å²) in [6.07, 6.45) is 0.965. The third-order valence-electron chi connectivity index (χ3n) is 9.10. The van der Waals surface area contributed by atoms with E-state index in [9.17, 15) is 9.59 Å². The number of carbonyl (C=O) groups is 2. The monoisotopic (exact) mass is 610 g/mol. The van der Waals surface area contributed by atoms with Gasteiger partial charge in [-0.15, -0.1) is 0 Å². The number of ether oxygens (including phenoxy) is 2. The predicted octanol–water partition coefficient (Wildman–Crippen LogP) is 8.86. The number of benzene rings is 5. The van der Waals surface area contributed by atoms with Crippen LogP contribution in [-0.4, -0.2) is 26.0 Å². The first-order valence-electron chi connectivity index (χ1n) is 15.4. The summed E-state index contributed by atoms with van der Waals surface area (Å²) in [5.74, 6) is 1.09. The summed E-state index contributed by atoms with van der Waals surface area (Å²) < 4.78 is 10.4. The molecule has 0 aliphatic heterocycles. The van der Waals surface area contributed by atoms with Crippen LogP contribution in [0.1, 0.15) is 64.6 Å². The van der Waals surface area contributed by atoms with E-state index in [1.54, 1.807) is 62.8 Å². The molecule has 0 bridgehead atoms. The van der Waals surface area contributed by atoms with Crippen molar-refractivity contribution in [1.82, 2.24) is 0 Å². The fourth-order valence-electron chi connectivity index (χ4n) is 6.66. The molecule has 1 unspecified atom stereocenters. The van der Waals surface area contributed by atoms with Gasteiger partial charge in [-0.2, -0.15) is 0 Å². The molecule has 0 saturated carbocycles. The molecule has 1 atom stereocenters. The molecule has 5 aromatic rings. The molecule has 6 rings (SSSR count). The topological polar surface area (TPSA) is 76.7 Å². The normalized spacial score (nSPS) is 16.3. The molecule has 0 spiro atoms. The van der Waals surface area contributed by atoms with Gasteiger partial charge in [0.1, 0.15) is 11.5 Å². The van der Waals surface area contributed by atoms with E-state index in [-0.39, 0.29) is 22.6 Å². The zero-order valence-electron chi connectivity index (χ0n) is 26.8. The second-order valence-corrected chi connectivity index (χ2v) is 12.7. The number of hydrogen-bond donors (Lipinski definition) is 2. The van der Waals surface area contributed by atoms with Gasteiger partial charge in [-0.1, -0.05) is 57.2 Å². The summed E-state index contributed by atoms with van der Waals surface area (Å²) in [7, 11) is 3.21. The summed E-state index contributed by atoms with van der Waals surface area (Å²) in [5.41, 5.74) is 8.47. The third kappa shape index (κ3) is 5.98. The van der Waals surface area contributed by atoms with Gasteiger partial charge in [0, 0.05) is 27.9 Å². The van der Waals surface area contributed by atoms with Crippen molar-refractivity contribution >= 4 is 23.2 Å². The van der Waals surface area contributed by atoms with E-state index in [1.807, 2.05) is 36.4 Å². The summed E-state index contributed by atoms with van der Waals surface area (Å²) >= 11 is 0. The number of methoxy groups -OCH3 is 2. The zero-order chi connectivity index (χ0) is 32.5. The van der Waals surface area contributed by atoms with Crippen LogP contribution in [0.25, 0.3) is 11.1 Å². The third-order valence-corrected chi connectivity index (χ3v) is 9.10. The average Bonchev–Trinajstić information content (AvgIpc) is 3.30. The van der Waals surface area contributed by atoms with Crippen molar-refractivity contribution in [3.8, 4) is 22.6 Å². The molecule has 0 aromatic heterocycles. The van der Waals surface area contributed by atoms with Gasteiger partial charge in [-0.3, -0.25) is 9.59 Å². The van der Waals surface area contributed by atoms with Crippen LogP contribution >= 0.6 is 0 Å². The summed E-state index contributed by atoms with van der Waals surface area (Å²) in [6.45, 7) is 6.92. The fraction of sp³-hybridized carbons (Fsp3) is 0.200. The van der Waals surface area contributed by atoms with Crippen LogP contribution in [0.15, 0.2) is 115 Å². The Morgan fingerprint density at radius 1 is 0.565 bits per heavy atom. The molecular formula is C40H38N2O4. The molecule has 1 aliphatic carbocycles. The number of rotatable bonds is 8. The van der Waals surface area contributed by atoms with Crippen LogP contribution < -0.4 is 20.1 Å². The molecule has 6 heteroatoms. The molecule has 6 nitrogen and oxygen atoms in total. The molecule has 46 heavy (non-hydrogen) atoms. The van der Waals surface area contributed by atoms with Crippen molar-refractivity contribution in [2.24, 2.45) is 0 Å². The van der Waals surface area contributed by atoms with Crippen molar-refractivity contribution in [3.63, 3.8) is 0 Å². The lowest BCUT2D eigenvalue weighted by Crippen LogP contribution is -2.23. The molecule has 0 radical (unpaired) electrons. The lowest BCUT2D eigenvalue weighted by atomic mass is 9.75. The summed E-state index contributed by atoms with van der Waals surface area (Å²) in [5, 5.41) is 5.99. The molecule has 0 heterocycles. The van der Waals surface area contributed by atoms with E-state index >= 15 is 0 Å². The molecule has 2 N–H and O–H groups in total. The Hall–Kier alpha value is -5.36. The van der Waals surface area contributed by atoms with Gasteiger partial charge in [0.05, 0.1) is 14.2 Å². The smallest absolute Gasteiger partial charge is 0.255 e. The lowest BCUT2D eigenvalue weighted by Gasteiger charge is -2.29. The van der Waals surface area contributed by atoms with Gasteiger partial charge < -0.3 is 20.1 Å². The quantitative estimate of drug-likeness (QED) is 0.184. The largest absolute Gasteiger partial charge is 0.497 e. The second kappa shape index (κ2) is 12.2. The number of fused-ring (bicyclic) bond motifs is 1. The second-order valence-electron chi connectivity index (χ2n) is 12.7. The first-order valence-corrected chi connectivity index (χ1v) is 15.4. The van der Waals surface area contributed by atoms with E-state index in [4.69, 9.17) is 9.47 Å². The maximum atomic E-state index is 12.8. The SMILES string of the molecule is COc1ccc(C(=O)Nc2ccc(-c3ccc4c(c3)C(C)(c3ccc(NC(=O)c5ccc(OC)cc5)cc3)CC4(C)C)cc2)cc1. The molecular weight excluding hydrogens is 572 g/mol. The van der Waals surface area contributed by atoms with Crippen LogP contribution in [0.4, 0.5) is 11.4 Å². The summed E-state index contributed by atoms with van der Waals surface area (Å²) in [4.78, 5) is 25.6. The maximum Gasteiger partial charge on any atom is 0.255 e. The highest BCUT2D eigenvalue weighted by Gasteiger charge is 2.45. The van der Waals surface area contributed by atoms with Gasteiger partial charge in [-0.25, -0.2) is 0 Å². The van der Waals surface area contributed by atoms with Gasteiger partial charge in [0.25, 0.3) is 11.8 Å². The lowest BCUT2D eigenvalue weighted by molar-refractivity contribution is 0.101. The number of amides is 2. The summed E-state index contributed by atoms with van der Waals surface area (Å²) in [6, 6.07) is 37.1. The molecule has 0 fully saturated rings. The Balaban J connectivity index is 1.21. The highest BCUT2D eigenvalue weighted by atomic mass is 16.5. The van der Waals surface area contributed by atoms with Crippen molar-refractivity contribution in [2.45, 2.75) is 38.0 Å². The van der Waals surface area contributed by atoms with Crippen LogP contribution in [0.2, 0.25) is 0 Å². The first-order chi connectivity index (χ1) is 22.1. The molecule has 0 saturated heterocycles. The number of anilines is 2. The van der Waals surface area contributed by atoms with Crippen molar-refractivity contribution < 1.29 is 19.1 Å². The van der Waals surface area contributed by atoms with E-state index in [1.165, 1.54) is 16.7 Å². The number of nitrogens with one attached hydrogen (secondary N) is 2. The Labute approximate surface area is 270 Å². The zero-order valence-corrected chi connectivity index (χ0v) is 26.8. The highest BCUT2D eigenvalue weighted by molar-refractivity contribution is 6.05. The van der Waals surface area contributed by atoms with Gasteiger partial charge in [-0.05, 0) is 119 Å². The minimum Gasteiger partial charge on any atom is -0.497 e. The van der Waals surface area contributed by atoms with Crippen molar-refractivity contribution in [3.05, 3.63) is 143 Å². The van der Waals surface area contributed by atoms with Crippen LogP contribution in [0.5, 0.6) is 11.5 Å². The minimum absolute atomic E-state index is 0.000534. The van der Waals surface area contributed by atoms with E-state index in [2.05, 4.69) is 61.7 Å². The standard InChI is InChI=1S/C40H38N2O4/c1-39(2)25-40(3,30-13-17-32(18-14-30)42-38(44)28-10-21-34(46-5)22-11-28)36-24-29(12-23-35(36)39)26-6-15-31(16-7-26)41-37(43)27-8-19-33(45-4)20-9-27/h6-24H,25H2,1-5H3,(H,41,43)(H,42,44). The van der Waals surface area contributed by atoms with E-state index < -0.39 is 0 Å². The Kier molecular flexibility index (Phi) is 8.13. The number of carbonyl (C=O) groups excluding carboxylic acids is 2. The Morgan fingerprint density at radius 2 is 1.02 bits per heavy atom. The predicted molar refractivity (Wildman–Crippen MR) is 184 cm³/mol. The maximum absolute atomic E-state index is 12.8. The van der Waals surface area contributed by atoms with Gasteiger partial charge >= 0.3 is 0 Å². The molecule has 232 valence electrons. The molecule has 5 aromatic carbocycles. The van der Waals surface area contributed by atoms with Gasteiger partial charge in [0.2, 0.25) is 0 Å². The van der Waals surface area contributed by atoms with E-state index in [0.29, 0.717) is 22.6 Å². The highest BCUT2D eigenvalue weighted by Crippen LogP contribution is 2.53. The average molecular weight is 611 g/mol. The van der Waals surface area contributed by atoms with Gasteiger partial charge in [0.15, 0.2) is 0 Å². The van der Waals surface area contributed by atoms with Crippen LogP contribution in [0, 0.1) is 0 Å². The Bertz CT molecular complexity index is 1880. The molecule has 2 amide bonds. The van der Waals surface area contributed by atoms with Crippen molar-refractivity contribution in [2.75, 3.05) is 24.9 Å². The van der Waals surface area contributed by atoms with Crippen LogP contribution in [0.3, 0.4) is 0 Å². The first kappa shape index (κ1) is 30.7. The minimum atomic E-state index is -0.209.